The smallest absolute Gasteiger partial charge is 0.328 e. The van der Waals surface area contributed by atoms with Crippen molar-refractivity contribution < 1.29 is 14.7 Å². The highest BCUT2D eigenvalue weighted by molar-refractivity contribution is 5.83. The summed E-state index contributed by atoms with van der Waals surface area (Å²) in [6, 6.07) is 5.61. The molecule has 1 heterocycles. The third-order valence-corrected chi connectivity index (χ3v) is 4.25. The number of hydrogen-bond donors (Lipinski definition) is 3. The van der Waals surface area contributed by atoms with Crippen molar-refractivity contribution in [1.82, 2.24) is 14.9 Å². The molecule has 8 heteroatoms. The first kappa shape index (κ1) is 18.4. The number of fused-ring (bicyclic) bond motifs is 1. The number of H-pyrrole nitrogens is 1. The predicted octanol–water partition coefficient (Wildman–Crippen LogP) is 0.695. The van der Waals surface area contributed by atoms with E-state index in [1.807, 2.05) is 6.92 Å². The fraction of sp³-hybridized carbons (Fsp3) is 0.412. The zero-order valence-electron chi connectivity index (χ0n) is 14.1. The molecule has 0 spiro atoms. The van der Waals surface area contributed by atoms with Gasteiger partial charge in [0.25, 0.3) is 5.56 Å². The van der Waals surface area contributed by atoms with Crippen molar-refractivity contribution >= 4 is 22.8 Å². The fourth-order valence-corrected chi connectivity index (χ4v) is 2.54. The van der Waals surface area contributed by atoms with E-state index in [4.69, 9.17) is 0 Å². The second kappa shape index (κ2) is 7.78. The number of carbonyl (C=O) groups excluding carboxylic acids is 1. The van der Waals surface area contributed by atoms with Crippen LogP contribution in [0.15, 0.2) is 33.9 Å². The second-order valence-electron chi connectivity index (χ2n) is 5.95. The van der Waals surface area contributed by atoms with Crippen molar-refractivity contribution in [3.05, 3.63) is 45.1 Å². The standard InChI is InChI=1S/C17H21N3O5/c1-3-10(2)14(16(23)24)19-13(21)8-9-20-15(22)11-6-4-5-7-12(11)18-17(20)25/h4-7,10,14H,3,8-9H2,1-2H3,(H,18,25)(H,19,21)(H,23,24)/t10-,14+/m1/s1. The Morgan fingerprint density at radius 3 is 2.60 bits per heavy atom. The summed E-state index contributed by atoms with van der Waals surface area (Å²) in [6.45, 7) is 3.44. The maximum atomic E-state index is 12.4. The number of aliphatic carboxylic acids is 1. The lowest BCUT2D eigenvalue weighted by atomic mass is 9.99. The summed E-state index contributed by atoms with van der Waals surface area (Å²) in [7, 11) is 0. The van der Waals surface area contributed by atoms with Crippen LogP contribution in [0.3, 0.4) is 0 Å². The lowest BCUT2D eigenvalue weighted by Gasteiger charge is -2.20. The highest BCUT2D eigenvalue weighted by Crippen LogP contribution is 2.08. The molecule has 2 rings (SSSR count). The van der Waals surface area contributed by atoms with Crippen LogP contribution in [-0.4, -0.2) is 32.6 Å². The molecule has 0 saturated heterocycles. The summed E-state index contributed by atoms with van der Waals surface area (Å²) in [6.07, 6.45) is 0.433. The van der Waals surface area contributed by atoms with E-state index in [1.165, 1.54) is 0 Å². The van der Waals surface area contributed by atoms with E-state index in [0.717, 1.165) is 4.57 Å². The summed E-state index contributed by atoms with van der Waals surface area (Å²) >= 11 is 0. The molecule has 2 aromatic rings. The summed E-state index contributed by atoms with van der Waals surface area (Å²) in [5.41, 5.74) is -0.655. The minimum Gasteiger partial charge on any atom is -0.480 e. The maximum absolute atomic E-state index is 12.4. The molecule has 25 heavy (non-hydrogen) atoms. The van der Waals surface area contributed by atoms with Gasteiger partial charge in [0.1, 0.15) is 6.04 Å². The Hall–Kier alpha value is -2.90. The van der Waals surface area contributed by atoms with Gasteiger partial charge >= 0.3 is 11.7 Å². The van der Waals surface area contributed by atoms with Gasteiger partial charge in [0.2, 0.25) is 5.91 Å². The monoisotopic (exact) mass is 347 g/mol. The molecule has 1 amide bonds. The Labute approximate surface area is 143 Å². The van der Waals surface area contributed by atoms with Crippen LogP contribution in [-0.2, 0) is 16.1 Å². The van der Waals surface area contributed by atoms with Crippen molar-refractivity contribution in [3.8, 4) is 0 Å². The van der Waals surface area contributed by atoms with Gasteiger partial charge < -0.3 is 15.4 Å². The van der Waals surface area contributed by atoms with Crippen LogP contribution in [0.5, 0.6) is 0 Å². The number of para-hydroxylation sites is 1. The third kappa shape index (κ3) is 4.14. The lowest BCUT2D eigenvalue weighted by molar-refractivity contribution is -0.143. The van der Waals surface area contributed by atoms with Crippen LogP contribution in [0.4, 0.5) is 0 Å². The van der Waals surface area contributed by atoms with Crippen LogP contribution < -0.4 is 16.6 Å². The van der Waals surface area contributed by atoms with Crippen LogP contribution in [0, 0.1) is 5.92 Å². The van der Waals surface area contributed by atoms with Gasteiger partial charge in [-0.05, 0) is 18.1 Å². The van der Waals surface area contributed by atoms with E-state index in [9.17, 15) is 24.3 Å². The Bertz CT molecular complexity index is 899. The van der Waals surface area contributed by atoms with E-state index in [-0.39, 0.29) is 18.9 Å². The molecule has 1 aromatic carbocycles. The summed E-state index contributed by atoms with van der Waals surface area (Å²) in [5, 5.41) is 12.0. The highest BCUT2D eigenvalue weighted by Gasteiger charge is 2.25. The number of rotatable bonds is 7. The topological polar surface area (TPSA) is 121 Å². The number of carboxylic acid groups (broad SMARTS) is 1. The normalized spacial score (nSPS) is 13.4. The minimum absolute atomic E-state index is 0.127. The van der Waals surface area contributed by atoms with E-state index in [2.05, 4.69) is 10.3 Å². The average Bonchev–Trinajstić information content (AvgIpc) is 2.58. The zero-order valence-corrected chi connectivity index (χ0v) is 14.1. The van der Waals surface area contributed by atoms with Crippen LogP contribution in [0.25, 0.3) is 10.9 Å². The number of hydrogen-bond acceptors (Lipinski definition) is 4. The van der Waals surface area contributed by atoms with Crippen LogP contribution >= 0.6 is 0 Å². The second-order valence-corrected chi connectivity index (χ2v) is 5.95. The van der Waals surface area contributed by atoms with Gasteiger partial charge in [0.05, 0.1) is 10.9 Å². The largest absolute Gasteiger partial charge is 0.480 e. The van der Waals surface area contributed by atoms with Crippen molar-refractivity contribution in [2.45, 2.75) is 39.3 Å². The third-order valence-electron chi connectivity index (χ3n) is 4.25. The molecule has 0 aliphatic carbocycles. The number of amides is 1. The molecule has 3 N–H and O–H groups in total. The lowest BCUT2D eigenvalue weighted by Crippen LogP contribution is -2.45. The Balaban J connectivity index is 2.15. The average molecular weight is 347 g/mol. The van der Waals surface area contributed by atoms with Gasteiger partial charge in [0.15, 0.2) is 0 Å². The van der Waals surface area contributed by atoms with E-state index >= 15 is 0 Å². The fourth-order valence-electron chi connectivity index (χ4n) is 2.54. The summed E-state index contributed by atoms with van der Waals surface area (Å²) < 4.78 is 0.945. The number of carboxylic acids is 1. The maximum Gasteiger partial charge on any atom is 0.328 e. The van der Waals surface area contributed by atoms with E-state index < -0.39 is 29.2 Å². The predicted molar refractivity (Wildman–Crippen MR) is 92.5 cm³/mol. The van der Waals surface area contributed by atoms with Crippen molar-refractivity contribution in [3.63, 3.8) is 0 Å². The number of aromatic amines is 1. The SMILES string of the molecule is CC[C@@H](C)[C@H](NC(=O)CCn1c(=O)[nH]c2ccccc2c1=O)C(=O)O. The first-order valence-corrected chi connectivity index (χ1v) is 8.09. The molecule has 0 saturated carbocycles. The number of nitrogens with zero attached hydrogens (tertiary/aromatic N) is 1. The molecule has 0 bridgehead atoms. The molecule has 0 aliphatic heterocycles. The molecule has 8 nitrogen and oxygen atoms in total. The van der Waals surface area contributed by atoms with Gasteiger partial charge in [-0.2, -0.15) is 0 Å². The van der Waals surface area contributed by atoms with Gasteiger partial charge in [-0.3, -0.25) is 14.2 Å². The molecule has 134 valence electrons. The van der Waals surface area contributed by atoms with Crippen molar-refractivity contribution in [1.29, 1.82) is 0 Å². The molecule has 0 radical (unpaired) electrons. The first-order chi connectivity index (χ1) is 11.8. The Morgan fingerprint density at radius 1 is 1.28 bits per heavy atom. The molecular weight excluding hydrogens is 326 g/mol. The zero-order chi connectivity index (χ0) is 18.6. The molecule has 2 atom stereocenters. The quantitative estimate of drug-likeness (QED) is 0.680. The number of aromatic nitrogens is 2. The van der Waals surface area contributed by atoms with E-state index in [1.54, 1.807) is 31.2 Å². The van der Waals surface area contributed by atoms with Gasteiger partial charge in [-0.15, -0.1) is 0 Å². The number of nitrogens with one attached hydrogen (secondary N) is 2. The Morgan fingerprint density at radius 2 is 1.96 bits per heavy atom. The minimum atomic E-state index is -1.11. The molecule has 0 unspecified atom stereocenters. The Kier molecular flexibility index (Phi) is 5.74. The van der Waals surface area contributed by atoms with E-state index in [0.29, 0.717) is 17.3 Å². The van der Waals surface area contributed by atoms with Crippen LogP contribution in [0.1, 0.15) is 26.7 Å². The summed E-state index contributed by atoms with van der Waals surface area (Å²) in [5.74, 6) is -1.86. The van der Waals surface area contributed by atoms with Gasteiger partial charge in [-0.25, -0.2) is 9.59 Å². The van der Waals surface area contributed by atoms with Gasteiger partial charge in [0, 0.05) is 13.0 Å². The molecular formula is C17H21N3O5. The van der Waals surface area contributed by atoms with Crippen LogP contribution in [0.2, 0.25) is 0 Å². The molecule has 0 aliphatic rings. The van der Waals surface area contributed by atoms with Gasteiger partial charge in [-0.1, -0.05) is 32.4 Å². The van der Waals surface area contributed by atoms with Crippen molar-refractivity contribution in [2.75, 3.05) is 0 Å². The number of carbonyl (C=O) groups is 2. The summed E-state index contributed by atoms with van der Waals surface area (Å²) in [4.78, 5) is 50.3. The first-order valence-electron chi connectivity index (χ1n) is 8.09. The van der Waals surface area contributed by atoms with Crippen molar-refractivity contribution in [2.24, 2.45) is 5.92 Å². The number of benzene rings is 1. The molecule has 0 fully saturated rings. The molecule has 1 aromatic heterocycles. The highest BCUT2D eigenvalue weighted by atomic mass is 16.4.